The fourth-order valence-electron chi connectivity index (χ4n) is 6.32. The van der Waals surface area contributed by atoms with Crippen molar-refractivity contribution in [2.45, 2.75) is 122 Å². The molecule has 3 N–H and O–H groups in total. The normalized spacial score (nSPS) is 18.2. The minimum Gasteiger partial charge on any atom is -0.507 e. The van der Waals surface area contributed by atoms with Gasteiger partial charge < -0.3 is 20.6 Å². The molecule has 0 unspecified atom stereocenters. The highest BCUT2D eigenvalue weighted by atomic mass is 16.3. The van der Waals surface area contributed by atoms with Crippen LogP contribution in [0.3, 0.4) is 0 Å². The summed E-state index contributed by atoms with van der Waals surface area (Å²) in [4.78, 5) is 15.6. The summed E-state index contributed by atoms with van der Waals surface area (Å²) >= 11 is 0. The number of aromatic hydroxyl groups is 1. The third-order valence-electron chi connectivity index (χ3n) is 8.69. The van der Waals surface area contributed by atoms with Crippen LogP contribution in [-0.4, -0.2) is 41.2 Å². The second-order valence-electron chi connectivity index (χ2n) is 13.9. The number of nitrogens with one attached hydrogen (secondary N) is 2. The number of hydrogen-bond acceptors (Lipinski definition) is 3. The van der Waals surface area contributed by atoms with Gasteiger partial charge in [0.25, 0.3) is 0 Å². The van der Waals surface area contributed by atoms with Gasteiger partial charge in [0, 0.05) is 30.9 Å². The van der Waals surface area contributed by atoms with Gasteiger partial charge in [-0.15, -0.1) is 0 Å². The van der Waals surface area contributed by atoms with Gasteiger partial charge in [0.2, 0.25) is 0 Å². The van der Waals surface area contributed by atoms with Crippen molar-refractivity contribution in [3.63, 3.8) is 0 Å². The molecule has 39 heavy (non-hydrogen) atoms. The van der Waals surface area contributed by atoms with Crippen LogP contribution in [0.1, 0.15) is 109 Å². The van der Waals surface area contributed by atoms with Crippen LogP contribution in [0.15, 0.2) is 36.4 Å². The number of carbonyl (C=O) groups excluding carboxylic acids is 1. The average Bonchev–Trinajstić information content (AvgIpc) is 2.88. The van der Waals surface area contributed by atoms with Gasteiger partial charge in [-0.1, -0.05) is 91.1 Å². The number of anilines is 1. The van der Waals surface area contributed by atoms with Crippen molar-refractivity contribution in [2.24, 2.45) is 0 Å². The van der Waals surface area contributed by atoms with Crippen LogP contribution in [0, 0.1) is 0 Å². The van der Waals surface area contributed by atoms with Gasteiger partial charge in [-0.05, 0) is 77.7 Å². The Morgan fingerprint density at radius 2 is 1.46 bits per heavy atom. The molecule has 0 aromatic heterocycles. The summed E-state index contributed by atoms with van der Waals surface area (Å²) in [6, 6.07) is 13.3. The first-order chi connectivity index (χ1) is 18.4. The predicted molar refractivity (Wildman–Crippen MR) is 163 cm³/mol. The largest absolute Gasteiger partial charge is 0.507 e. The van der Waals surface area contributed by atoms with Crippen LogP contribution in [0.25, 0.3) is 0 Å². The number of nitrogens with zero attached hydrogens (tertiary/aromatic N) is 1. The highest BCUT2D eigenvalue weighted by molar-refractivity contribution is 5.90. The number of amides is 2. The summed E-state index contributed by atoms with van der Waals surface area (Å²) in [6.45, 7) is 15.1. The Kier molecular flexibility index (Phi) is 9.31. The zero-order valence-electron chi connectivity index (χ0n) is 25.2. The molecule has 2 aliphatic rings. The Hall–Kier alpha value is -2.53. The molecular formula is C34H51N3O2. The SMILES string of the molecule is CC(C)(C)c1cc(CCc2ccccc2NC(=O)NC2CCN(C3CCCCC3)CC2)cc(C(C)(C)C)c1O. The molecule has 5 nitrogen and oxygen atoms in total. The maximum absolute atomic E-state index is 13.0. The quantitative estimate of drug-likeness (QED) is 0.357. The van der Waals surface area contributed by atoms with Gasteiger partial charge in [0.05, 0.1) is 0 Å². The minimum atomic E-state index is -0.149. The highest BCUT2D eigenvalue weighted by Crippen LogP contribution is 2.40. The van der Waals surface area contributed by atoms with E-state index in [1.165, 1.54) is 37.7 Å². The molecule has 2 fully saturated rings. The van der Waals surface area contributed by atoms with E-state index in [1.54, 1.807) is 0 Å². The Balaban J connectivity index is 1.37. The van der Waals surface area contributed by atoms with Crippen molar-refractivity contribution in [3.8, 4) is 5.75 Å². The van der Waals surface area contributed by atoms with Crippen LogP contribution in [0.5, 0.6) is 5.75 Å². The molecule has 1 heterocycles. The molecule has 5 heteroatoms. The number of para-hydroxylation sites is 1. The number of rotatable bonds is 6. The Bertz CT molecular complexity index is 1080. The molecule has 214 valence electrons. The molecule has 0 spiro atoms. The molecule has 0 atom stereocenters. The topological polar surface area (TPSA) is 64.6 Å². The molecule has 1 aliphatic heterocycles. The number of urea groups is 1. The zero-order chi connectivity index (χ0) is 28.2. The van der Waals surface area contributed by atoms with Crippen molar-refractivity contribution in [2.75, 3.05) is 18.4 Å². The molecule has 1 aliphatic carbocycles. The molecular weight excluding hydrogens is 482 g/mol. The third kappa shape index (κ3) is 7.78. The summed E-state index contributed by atoms with van der Waals surface area (Å²) < 4.78 is 0. The molecule has 1 saturated heterocycles. The second kappa shape index (κ2) is 12.3. The lowest BCUT2D eigenvalue weighted by Gasteiger charge is -2.39. The molecule has 0 radical (unpaired) electrons. The summed E-state index contributed by atoms with van der Waals surface area (Å²) in [5.41, 5.74) is 4.90. The first kappa shape index (κ1) is 29.5. The van der Waals surface area contributed by atoms with Crippen LogP contribution in [0.4, 0.5) is 10.5 Å². The number of likely N-dealkylation sites (tertiary alicyclic amines) is 1. The molecule has 1 saturated carbocycles. The van der Waals surface area contributed by atoms with Gasteiger partial charge in [-0.25, -0.2) is 4.79 Å². The molecule has 2 aromatic carbocycles. The molecule has 4 rings (SSSR count). The van der Waals surface area contributed by atoms with Crippen molar-refractivity contribution in [3.05, 3.63) is 58.7 Å². The summed E-state index contributed by atoms with van der Waals surface area (Å²) in [5.74, 6) is 0.419. The molecule has 2 aromatic rings. The maximum Gasteiger partial charge on any atom is 0.319 e. The lowest BCUT2D eigenvalue weighted by atomic mass is 9.78. The second-order valence-corrected chi connectivity index (χ2v) is 13.9. The minimum absolute atomic E-state index is 0.103. The Labute approximate surface area is 236 Å². The van der Waals surface area contributed by atoms with E-state index in [2.05, 4.69) is 75.3 Å². The van der Waals surface area contributed by atoms with Gasteiger partial charge in [0.1, 0.15) is 5.75 Å². The Morgan fingerprint density at radius 3 is 2.05 bits per heavy atom. The number of benzene rings is 2. The van der Waals surface area contributed by atoms with Crippen molar-refractivity contribution in [1.82, 2.24) is 10.2 Å². The zero-order valence-corrected chi connectivity index (χ0v) is 25.2. The first-order valence-corrected chi connectivity index (χ1v) is 15.2. The Morgan fingerprint density at radius 1 is 0.872 bits per heavy atom. The number of aryl methyl sites for hydroxylation is 2. The number of hydrogen-bond donors (Lipinski definition) is 3. The van der Waals surface area contributed by atoms with Crippen LogP contribution in [0.2, 0.25) is 0 Å². The number of phenols is 1. The lowest BCUT2D eigenvalue weighted by Crippen LogP contribution is -2.49. The van der Waals surface area contributed by atoms with E-state index in [9.17, 15) is 9.90 Å². The third-order valence-corrected chi connectivity index (χ3v) is 8.69. The van der Waals surface area contributed by atoms with E-state index in [4.69, 9.17) is 0 Å². The van der Waals surface area contributed by atoms with Crippen molar-refractivity contribution < 1.29 is 9.90 Å². The standard InChI is InChI=1S/C34H51N3O2/c1-33(2,3)28-22-24(23-29(31(28)38)34(4,5)6)16-17-25-12-10-11-15-30(25)36-32(39)35-26-18-20-37(21-19-26)27-13-8-7-9-14-27/h10-12,15,22-23,26-27,38H,7-9,13-14,16-21H2,1-6H3,(H2,35,36,39). The van der Waals surface area contributed by atoms with Crippen LogP contribution < -0.4 is 10.6 Å². The van der Waals surface area contributed by atoms with Crippen molar-refractivity contribution in [1.29, 1.82) is 0 Å². The first-order valence-electron chi connectivity index (χ1n) is 15.2. The van der Waals surface area contributed by atoms with Gasteiger partial charge in [-0.3, -0.25) is 0 Å². The summed E-state index contributed by atoms with van der Waals surface area (Å²) in [6.07, 6.45) is 10.5. The lowest BCUT2D eigenvalue weighted by molar-refractivity contribution is 0.117. The number of phenolic OH excluding ortho intramolecular Hbond substituents is 1. The summed E-state index contributed by atoms with van der Waals surface area (Å²) in [7, 11) is 0. The van der Waals surface area contributed by atoms with Crippen LogP contribution in [-0.2, 0) is 23.7 Å². The number of carbonyl (C=O) groups is 1. The fraction of sp³-hybridized carbons (Fsp3) is 0.618. The van der Waals surface area contributed by atoms with Crippen LogP contribution >= 0.6 is 0 Å². The van der Waals surface area contributed by atoms with E-state index in [-0.39, 0.29) is 22.9 Å². The predicted octanol–water partition coefficient (Wildman–Crippen LogP) is 7.69. The monoisotopic (exact) mass is 533 g/mol. The van der Waals surface area contributed by atoms with E-state index in [1.807, 2.05) is 18.2 Å². The van der Waals surface area contributed by atoms with E-state index >= 15 is 0 Å². The molecule has 2 amide bonds. The fourth-order valence-corrected chi connectivity index (χ4v) is 6.32. The average molecular weight is 534 g/mol. The van der Waals surface area contributed by atoms with E-state index < -0.39 is 0 Å². The van der Waals surface area contributed by atoms with E-state index in [0.717, 1.165) is 67.2 Å². The highest BCUT2D eigenvalue weighted by Gasteiger charge is 2.28. The van der Waals surface area contributed by atoms with E-state index in [0.29, 0.717) is 5.75 Å². The van der Waals surface area contributed by atoms with Gasteiger partial charge in [-0.2, -0.15) is 0 Å². The van der Waals surface area contributed by atoms with Gasteiger partial charge in [0.15, 0.2) is 0 Å². The van der Waals surface area contributed by atoms with Crippen molar-refractivity contribution >= 4 is 11.7 Å². The smallest absolute Gasteiger partial charge is 0.319 e. The summed E-state index contributed by atoms with van der Waals surface area (Å²) in [5, 5.41) is 17.5. The maximum atomic E-state index is 13.0. The van der Waals surface area contributed by atoms with Gasteiger partial charge >= 0.3 is 6.03 Å². The number of piperidine rings is 1. The molecule has 0 bridgehead atoms.